The van der Waals surface area contributed by atoms with Crippen LogP contribution in [0.15, 0.2) is 48.5 Å². The van der Waals surface area contributed by atoms with Crippen molar-refractivity contribution in [2.24, 2.45) is 11.3 Å². The van der Waals surface area contributed by atoms with Gasteiger partial charge in [-0.15, -0.1) is 0 Å². The lowest BCUT2D eigenvalue weighted by molar-refractivity contribution is -0.149. The summed E-state index contributed by atoms with van der Waals surface area (Å²) in [5.74, 6) is -1.27. The first-order valence-corrected chi connectivity index (χ1v) is 9.65. The van der Waals surface area contributed by atoms with Crippen molar-refractivity contribution in [1.82, 2.24) is 4.90 Å². The quantitative estimate of drug-likeness (QED) is 0.827. The van der Waals surface area contributed by atoms with E-state index in [0.29, 0.717) is 29.7 Å². The second-order valence-corrected chi connectivity index (χ2v) is 7.98. The van der Waals surface area contributed by atoms with E-state index in [2.05, 4.69) is 0 Å². The number of hydrogen-bond donors (Lipinski definition) is 1. The van der Waals surface area contributed by atoms with Crippen LogP contribution in [-0.4, -0.2) is 40.8 Å². The maximum atomic E-state index is 13.2. The smallest absolute Gasteiger partial charge is 0.311 e. The zero-order chi connectivity index (χ0) is 19.9. The number of likely N-dealkylation sites (tertiary alicyclic amines) is 1. The number of carboxylic acid groups (broad SMARTS) is 1. The van der Waals surface area contributed by atoms with Crippen LogP contribution in [0.25, 0.3) is 0 Å². The fraction of sp³-hybridized carbons (Fsp3) is 0.348. The van der Waals surface area contributed by atoms with Gasteiger partial charge in [-0.1, -0.05) is 54.4 Å². The topological polar surface area (TPSA) is 74.7 Å². The number of carbonyl (C=O) groups excluding carboxylic acids is 2. The molecule has 0 bridgehead atoms. The summed E-state index contributed by atoms with van der Waals surface area (Å²) in [7, 11) is 0. The van der Waals surface area contributed by atoms with Crippen LogP contribution in [0, 0.1) is 18.3 Å². The molecule has 2 fully saturated rings. The molecule has 1 amide bonds. The molecule has 2 aliphatic rings. The fourth-order valence-electron chi connectivity index (χ4n) is 4.69. The van der Waals surface area contributed by atoms with Crippen molar-refractivity contribution in [3.63, 3.8) is 0 Å². The van der Waals surface area contributed by atoms with Crippen molar-refractivity contribution in [2.45, 2.75) is 26.2 Å². The first-order valence-electron chi connectivity index (χ1n) is 9.65. The van der Waals surface area contributed by atoms with Gasteiger partial charge in [-0.25, -0.2) is 0 Å². The lowest BCUT2D eigenvalue weighted by atomic mass is 9.81. The Morgan fingerprint density at radius 1 is 1.04 bits per heavy atom. The number of aryl methyl sites for hydroxylation is 1. The molecule has 0 radical (unpaired) electrons. The highest BCUT2D eigenvalue weighted by molar-refractivity contribution is 6.15. The van der Waals surface area contributed by atoms with Crippen molar-refractivity contribution in [3.05, 3.63) is 70.8 Å². The van der Waals surface area contributed by atoms with Gasteiger partial charge in [0.15, 0.2) is 5.78 Å². The maximum Gasteiger partial charge on any atom is 0.311 e. The Kier molecular flexibility index (Phi) is 4.53. The highest BCUT2D eigenvalue weighted by Gasteiger charge is 2.55. The third kappa shape index (κ3) is 2.91. The number of rotatable bonds is 4. The lowest BCUT2D eigenvalue weighted by Gasteiger charge is -2.23. The third-order valence-electron chi connectivity index (χ3n) is 6.30. The standard InChI is InChI=1S/C23H23NO4/c1-15-8-10-16(11-9-15)20(25)18-6-2-3-7-19(18)21(26)24-13-17-5-4-12-23(17,14-24)22(27)28/h2-3,6-11,17H,4-5,12-14H2,1H3,(H,27,28)/t17-,23+/m0/s1. The Balaban J connectivity index is 1.64. The molecule has 2 atom stereocenters. The van der Waals surface area contributed by atoms with Gasteiger partial charge in [0, 0.05) is 24.2 Å². The summed E-state index contributed by atoms with van der Waals surface area (Å²) in [5, 5.41) is 9.77. The number of carboxylic acids is 1. The van der Waals surface area contributed by atoms with Crippen molar-refractivity contribution in [3.8, 4) is 0 Å². The lowest BCUT2D eigenvalue weighted by Crippen LogP contribution is -2.37. The Labute approximate surface area is 164 Å². The number of ketones is 1. The van der Waals surface area contributed by atoms with E-state index >= 15 is 0 Å². The Morgan fingerprint density at radius 2 is 1.71 bits per heavy atom. The summed E-state index contributed by atoms with van der Waals surface area (Å²) in [4.78, 5) is 39.8. The summed E-state index contributed by atoms with van der Waals surface area (Å²) >= 11 is 0. The molecule has 1 N–H and O–H groups in total. The molecular formula is C23H23NO4. The van der Waals surface area contributed by atoms with Crippen molar-refractivity contribution >= 4 is 17.7 Å². The molecule has 1 aliphatic heterocycles. The van der Waals surface area contributed by atoms with Gasteiger partial charge in [-0.05, 0) is 31.7 Å². The van der Waals surface area contributed by atoms with E-state index < -0.39 is 11.4 Å². The van der Waals surface area contributed by atoms with E-state index in [0.717, 1.165) is 18.4 Å². The normalized spacial score (nSPS) is 23.5. The van der Waals surface area contributed by atoms with Gasteiger partial charge in [-0.2, -0.15) is 0 Å². The molecule has 1 heterocycles. The van der Waals surface area contributed by atoms with Crippen LogP contribution >= 0.6 is 0 Å². The predicted molar refractivity (Wildman–Crippen MR) is 104 cm³/mol. The molecule has 5 heteroatoms. The van der Waals surface area contributed by atoms with Gasteiger partial charge in [0.05, 0.1) is 11.0 Å². The van der Waals surface area contributed by atoms with Crippen molar-refractivity contribution in [2.75, 3.05) is 13.1 Å². The van der Waals surface area contributed by atoms with Crippen LogP contribution in [0.4, 0.5) is 0 Å². The van der Waals surface area contributed by atoms with Crippen LogP contribution in [0.1, 0.15) is 51.1 Å². The molecule has 1 saturated carbocycles. The molecule has 2 aromatic rings. The number of fused-ring (bicyclic) bond motifs is 1. The second kappa shape index (κ2) is 6.89. The van der Waals surface area contributed by atoms with E-state index in [4.69, 9.17) is 0 Å². The van der Waals surface area contributed by atoms with Crippen LogP contribution in [-0.2, 0) is 4.79 Å². The summed E-state index contributed by atoms with van der Waals surface area (Å²) < 4.78 is 0. The summed E-state index contributed by atoms with van der Waals surface area (Å²) in [6.45, 7) is 2.62. The van der Waals surface area contributed by atoms with E-state index in [1.807, 2.05) is 19.1 Å². The van der Waals surface area contributed by atoms with Crippen LogP contribution in [0.5, 0.6) is 0 Å². The molecule has 0 unspecified atom stereocenters. The number of aliphatic carboxylic acids is 1. The van der Waals surface area contributed by atoms with E-state index in [-0.39, 0.29) is 24.2 Å². The molecule has 0 aromatic heterocycles. The molecule has 5 nitrogen and oxygen atoms in total. The zero-order valence-electron chi connectivity index (χ0n) is 15.9. The Morgan fingerprint density at radius 3 is 2.36 bits per heavy atom. The molecule has 0 spiro atoms. The first-order chi connectivity index (χ1) is 13.4. The van der Waals surface area contributed by atoms with Gasteiger partial charge in [-0.3, -0.25) is 14.4 Å². The summed E-state index contributed by atoms with van der Waals surface area (Å²) in [6, 6.07) is 14.1. The van der Waals surface area contributed by atoms with Gasteiger partial charge in [0.2, 0.25) is 0 Å². The average Bonchev–Trinajstić information content (AvgIpc) is 3.26. The molecule has 1 saturated heterocycles. The average molecular weight is 377 g/mol. The third-order valence-corrected chi connectivity index (χ3v) is 6.30. The van der Waals surface area contributed by atoms with E-state index in [1.54, 1.807) is 41.3 Å². The van der Waals surface area contributed by atoms with Crippen molar-refractivity contribution < 1.29 is 19.5 Å². The predicted octanol–water partition coefficient (Wildman–Crippen LogP) is 3.55. The Bertz CT molecular complexity index is 949. The minimum atomic E-state index is -0.828. The minimum absolute atomic E-state index is 0.00564. The van der Waals surface area contributed by atoms with Crippen molar-refractivity contribution in [1.29, 1.82) is 0 Å². The molecule has 28 heavy (non-hydrogen) atoms. The first kappa shape index (κ1) is 18.4. The monoisotopic (exact) mass is 377 g/mol. The number of amides is 1. The van der Waals surface area contributed by atoms with E-state index in [9.17, 15) is 19.5 Å². The number of benzene rings is 2. The SMILES string of the molecule is Cc1ccc(C(=O)c2ccccc2C(=O)N2C[C@@H]3CCC[C@@]3(C(=O)O)C2)cc1. The molecular weight excluding hydrogens is 354 g/mol. The van der Waals surface area contributed by atoms with Gasteiger partial charge < -0.3 is 10.0 Å². The fourth-order valence-corrected chi connectivity index (χ4v) is 4.69. The maximum absolute atomic E-state index is 13.2. The molecule has 2 aromatic carbocycles. The number of carbonyl (C=O) groups is 3. The number of nitrogens with zero attached hydrogens (tertiary/aromatic N) is 1. The van der Waals surface area contributed by atoms with Gasteiger partial charge >= 0.3 is 5.97 Å². The zero-order valence-corrected chi connectivity index (χ0v) is 15.9. The van der Waals surface area contributed by atoms with Crippen LogP contribution in [0.2, 0.25) is 0 Å². The molecule has 1 aliphatic carbocycles. The van der Waals surface area contributed by atoms with E-state index in [1.165, 1.54) is 0 Å². The Hall–Kier alpha value is -2.95. The highest BCUT2D eigenvalue weighted by Crippen LogP contribution is 2.49. The largest absolute Gasteiger partial charge is 0.481 e. The van der Waals surface area contributed by atoms with Crippen LogP contribution in [0.3, 0.4) is 0 Å². The summed E-state index contributed by atoms with van der Waals surface area (Å²) in [6.07, 6.45) is 2.34. The summed E-state index contributed by atoms with van der Waals surface area (Å²) in [5.41, 5.74) is 1.46. The highest BCUT2D eigenvalue weighted by atomic mass is 16.4. The molecule has 4 rings (SSSR count). The minimum Gasteiger partial charge on any atom is -0.481 e. The van der Waals surface area contributed by atoms with Crippen LogP contribution < -0.4 is 0 Å². The van der Waals surface area contributed by atoms with Gasteiger partial charge in [0.25, 0.3) is 5.91 Å². The second-order valence-electron chi connectivity index (χ2n) is 7.98. The number of hydrogen-bond acceptors (Lipinski definition) is 3. The molecule has 144 valence electrons. The van der Waals surface area contributed by atoms with Gasteiger partial charge in [0.1, 0.15) is 0 Å².